The summed E-state index contributed by atoms with van der Waals surface area (Å²) in [6.45, 7) is 0.144. The molecule has 0 aliphatic rings. The van der Waals surface area contributed by atoms with Gasteiger partial charge in [-0.05, 0) is 17.7 Å². The summed E-state index contributed by atoms with van der Waals surface area (Å²) in [5.41, 5.74) is 1.19. The van der Waals surface area contributed by atoms with Crippen LogP contribution in [0.3, 0.4) is 0 Å². The van der Waals surface area contributed by atoms with Crippen molar-refractivity contribution in [1.82, 2.24) is 14.9 Å². The van der Waals surface area contributed by atoms with Gasteiger partial charge >= 0.3 is 6.43 Å². The zero-order chi connectivity index (χ0) is 14.8. The van der Waals surface area contributed by atoms with Gasteiger partial charge in [0.15, 0.2) is 0 Å². The molecule has 0 radical (unpaired) electrons. The number of benzene rings is 1. The summed E-state index contributed by atoms with van der Waals surface area (Å²) in [6, 6.07) is 6.45. The van der Waals surface area contributed by atoms with E-state index in [0.717, 1.165) is 6.26 Å². The van der Waals surface area contributed by atoms with Crippen molar-refractivity contribution in [2.24, 2.45) is 0 Å². The number of halogens is 2. The fourth-order valence-corrected chi connectivity index (χ4v) is 1.85. The summed E-state index contributed by atoms with van der Waals surface area (Å²) >= 11 is 0. The normalized spacial score (nSPS) is 12.0. The van der Waals surface area contributed by atoms with Gasteiger partial charge in [-0.3, -0.25) is 0 Å². The van der Waals surface area contributed by atoms with Crippen LogP contribution < -0.4 is 4.72 Å². The highest BCUT2D eigenvalue weighted by atomic mass is 32.2. The molecule has 20 heavy (non-hydrogen) atoms. The first-order valence-corrected chi connectivity index (χ1v) is 7.40. The van der Waals surface area contributed by atoms with Crippen molar-refractivity contribution in [2.75, 3.05) is 6.26 Å². The molecule has 0 fully saturated rings. The van der Waals surface area contributed by atoms with Gasteiger partial charge in [-0.25, -0.2) is 13.1 Å². The van der Waals surface area contributed by atoms with Crippen LogP contribution in [0.25, 0.3) is 11.5 Å². The Morgan fingerprint density at radius 1 is 1.25 bits per heavy atom. The van der Waals surface area contributed by atoms with E-state index in [2.05, 4.69) is 14.9 Å². The summed E-state index contributed by atoms with van der Waals surface area (Å²) in [5, 5.41) is 6.74. The maximum atomic E-state index is 12.3. The number of rotatable bonds is 5. The summed E-state index contributed by atoms with van der Waals surface area (Å²) < 4.78 is 53.6. The number of hydrogen-bond donors (Lipinski definition) is 1. The zero-order valence-electron chi connectivity index (χ0n) is 10.4. The number of alkyl halides is 2. The van der Waals surface area contributed by atoms with Gasteiger partial charge in [0.2, 0.25) is 15.9 Å². The quantitative estimate of drug-likeness (QED) is 0.909. The highest BCUT2D eigenvalue weighted by Gasteiger charge is 2.16. The van der Waals surface area contributed by atoms with Gasteiger partial charge in [0.25, 0.3) is 5.89 Å². The second-order valence-corrected chi connectivity index (χ2v) is 5.87. The van der Waals surface area contributed by atoms with Crippen molar-refractivity contribution in [3.63, 3.8) is 0 Å². The number of aromatic nitrogens is 2. The molecule has 0 atom stereocenters. The zero-order valence-corrected chi connectivity index (χ0v) is 11.2. The molecule has 0 aliphatic carbocycles. The first-order valence-electron chi connectivity index (χ1n) is 5.50. The smallest absolute Gasteiger partial charge is 0.314 e. The van der Waals surface area contributed by atoms with E-state index in [-0.39, 0.29) is 12.4 Å². The van der Waals surface area contributed by atoms with Crippen molar-refractivity contribution in [3.05, 3.63) is 35.7 Å². The lowest BCUT2D eigenvalue weighted by Gasteiger charge is -2.03. The molecule has 0 spiro atoms. The molecule has 0 saturated carbocycles. The van der Waals surface area contributed by atoms with Crippen LogP contribution in [0.2, 0.25) is 0 Å². The van der Waals surface area contributed by atoms with Crippen molar-refractivity contribution in [3.8, 4) is 11.5 Å². The minimum atomic E-state index is -3.27. The molecule has 9 heteroatoms. The van der Waals surface area contributed by atoms with Crippen LogP contribution in [0.4, 0.5) is 8.78 Å². The third-order valence-electron chi connectivity index (χ3n) is 2.37. The lowest BCUT2D eigenvalue weighted by atomic mass is 10.1. The molecule has 6 nitrogen and oxygen atoms in total. The first-order chi connectivity index (χ1) is 9.35. The minimum Gasteiger partial charge on any atom is -0.415 e. The van der Waals surface area contributed by atoms with E-state index in [1.165, 1.54) is 0 Å². The first kappa shape index (κ1) is 14.5. The van der Waals surface area contributed by atoms with Crippen molar-refractivity contribution >= 4 is 10.0 Å². The largest absolute Gasteiger partial charge is 0.415 e. The molecule has 1 aromatic carbocycles. The Balaban J connectivity index is 2.11. The Bertz CT molecular complexity index is 683. The van der Waals surface area contributed by atoms with Gasteiger partial charge < -0.3 is 4.42 Å². The van der Waals surface area contributed by atoms with E-state index in [1.807, 2.05) is 0 Å². The Morgan fingerprint density at radius 3 is 2.40 bits per heavy atom. The molecule has 0 amide bonds. The lowest BCUT2D eigenvalue weighted by molar-refractivity contribution is 0.116. The van der Waals surface area contributed by atoms with Gasteiger partial charge in [-0.1, -0.05) is 12.1 Å². The number of hydrogen-bond acceptors (Lipinski definition) is 5. The number of sulfonamides is 1. The third kappa shape index (κ3) is 3.81. The molecule has 2 rings (SSSR count). The second kappa shape index (κ2) is 5.63. The van der Waals surface area contributed by atoms with Crippen molar-refractivity contribution in [2.45, 2.75) is 13.0 Å². The minimum absolute atomic E-state index is 0.0112. The van der Waals surface area contributed by atoms with Gasteiger partial charge in [0.05, 0.1) is 6.26 Å². The van der Waals surface area contributed by atoms with E-state index in [9.17, 15) is 17.2 Å². The summed E-state index contributed by atoms with van der Waals surface area (Å²) in [7, 11) is -3.27. The summed E-state index contributed by atoms with van der Waals surface area (Å²) in [4.78, 5) is 0. The van der Waals surface area contributed by atoms with Crippen LogP contribution in [0.1, 0.15) is 17.9 Å². The molecule has 1 heterocycles. The average Bonchev–Trinajstić information content (AvgIpc) is 2.86. The molecule has 0 aliphatic heterocycles. The highest BCUT2D eigenvalue weighted by Crippen LogP contribution is 2.23. The van der Waals surface area contributed by atoms with E-state index in [4.69, 9.17) is 4.42 Å². The summed E-state index contributed by atoms with van der Waals surface area (Å²) in [6.07, 6.45) is -1.75. The predicted molar refractivity (Wildman–Crippen MR) is 66.4 cm³/mol. The molecule has 108 valence electrons. The third-order valence-corrected chi connectivity index (χ3v) is 3.04. The van der Waals surface area contributed by atoms with Gasteiger partial charge in [-0.15, -0.1) is 10.2 Å². The maximum absolute atomic E-state index is 12.3. The molecule has 0 saturated heterocycles. The fraction of sp³-hybridized carbons (Fsp3) is 0.273. The van der Waals surface area contributed by atoms with Crippen LogP contribution in [-0.2, 0) is 16.6 Å². The molecular formula is C11H11F2N3O3S. The molecule has 1 aromatic heterocycles. The van der Waals surface area contributed by atoms with E-state index < -0.39 is 22.3 Å². The van der Waals surface area contributed by atoms with E-state index in [0.29, 0.717) is 11.1 Å². The van der Waals surface area contributed by atoms with Crippen LogP contribution in [0, 0.1) is 0 Å². The van der Waals surface area contributed by atoms with Crippen LogP contribution >= 0.6 is 0 Å². The van der Waals surface area contributed by atoms with Gasteiger partial charge in [0, 0.05) is 12.1 Å². The van der Waals surface area contributed by atoms with Crippen molar-refractivity contribution in [1.29, 1.82) is 0 Å². The predicted octanol–water partition coefficient (Wildman–Crippen LogP) is 1.72. The van der Waals surface area contributed by atoms with Gasteiger partial charge in [0.1, 0.15) is 0 Å². The Kier molecular flexibility index (Phi) is 4.09. The summed E-state index contributed by atoms with van der Waals surface area (Å²) in [5.74, 6) is -0.745. The highest BCUT2D eigenvalue weighted by molar-refractivity contribution is 7.88. The number of nitrogens with zero attached hydrogens (tertiary/aromatic N) is 2. The Morgan fingerprint density at radius 2 is 1.90 bits per heavy atom. The van der Waals surface area contributed by atoms with Crippen LogP contribution in [0.15, 0.2) is 28.7 Å². The fourth-order valence-electron chi connectivity index (χ4n) is 1.42. The van der Waals surface area contributed by atoms with Crippen molar-refractivity contribution < 1.29 is 21.6 Å². The molecule has 2 aromatic rings. The molecule has 1 N–H and O–H groups in total. The molecule has 0 bridgehead atoms. The monoisotopic (exact) mass is 303 g/mol. The Labute approximate surface area is 113 Å². The second-order valence-electron chi connectivity index (χ2n) is 4.04. The van der Waals surface area contributed by atoms with Gasteiger partial charge in [-0.2, -0.15) is 8.78 Å². The standard InChI is InChI=1S/C11H11F2N3O3S/c1-20(17,18)14-6-7-2-4-8(5-3-7)10-15-16-11(19-10)9(12)13/h2-5,9,14H,6H2,1H3. The molecular weight excluding hydrogens is 292 g/mol. The topological polar surface area (TPSA) is 85.1 Å². The van der Waals surface area contributed by atoms with E-state index >= 15 is 0 Å². The number of nitrogens with one attached hydrogen (secondary N) is 1. The maximum Gasteiger partial charge on any atom is 0.314 e. The average molecular weight is 303 g/mol. The van der Waals surface area contributed by atoms with Crippen LogP contribution in [0.5, 0.6) is 0 Å². The lowest BCUT2D eigenvalue weighted by Crippen LogP contribution is -2.21. The van der Waals surface area contributed by atoms with Crippen LogP contribution in [-0.4, -0.2) is 24.9 Å². The molecule has 0 unspecified atom stereocenters. The Hall–Kier alpha value is -1.87. The van der Waals surface area contributed by atoms with E-state index in [1.54, 1.807) is 24.3 Å². The SMILES string of the molecule is CS(=O)(=O)NCc1ccc(-c2nnc(C(F)F)o2)cc1.